The van der Waals surface area contributed by atoms with Gasteiger partial charge in [0, 0.05) is 25.5 Å². The largest absolute Gasteiger partial charge is 0.451 e. The number of amides is 1. The predicted octanol–water partition coefficient (Wildman–Crippen LogP) is 2.30. The first kappa shape index (κ1) is 17.2. The maximum absolute atomic E-state index is 12.4. The summed E-state index contributed by atoms with van der Waals surface area (Å²) in [5, 5.41) is 0. The summed E-state index contributed by atoms with van der Waals surface area (Å²) in [5.41, 5.74) is 1.67. The number of hydrogen-bond acceptors (Lipinski definition) is 6. The van der Waals surface area contributed by atoms with E-state index in [0.717, 1.165) is 44.5 Å². The smallest absolute Gasteiger partial charge is 0.275 e. The number of rotatable bonds is 5. The highest BCUT2D eigenvalue weighted by atomic mass is 16.5. The van der Waals surface area contributed by atoms with Gasteiger partial charge in [-0.3, -0.25) is 9.78 Å². The molecule has 1 atom stereocenters. The number of ether oxygens (including phenoxy) is 2. The average Bonchev–Trinajstić information content (AvgIpc) is 3.34. The third-order valence-electron chi connectivity index (χ3n) is 5.37. The molecule has 26 heavy (non-hydrogen) atoms. The number of hydrogen-bond donors (Lipinski definition) is 0. The molecule has 2 saturated heterocycles. The van der Waals surface area contributed by atoms with Crippen LogP contribution in [0.4, 0.5) is 0 Å². The van der Waals surface area contributed by atoms with Crippen LogP contribution in [0.15, 0.2) is 41.6 Å². The van der Waals surface area contributed by atoms with Crippen molar-refractivity contribution in [3.63, 3.8) is 0 Å². The van der Waals surface area contributed by atoms with Gasteiger partial charge in [-0.25, -0.2) is 4.98 Å². The van der Waals surface area contributed by atoms with E-state index >= 15 is 0 Å². The summed E-state index contributed by atoms with van der Waals surface area (Å²) in [6, 6.07) is 3.91. The molecule has 2 aromatic rings. The Bertz CT molecular complexity index is 712. The van der Waals surface area contributed by atoms with Gasteiger partial charge in [-0.15, -0.1) is 0 Å². The van der Waals surface area contributed by atoms with Crippen LogP contribution in [-0.4, -0.2) is 53.2 Å². The number of nitrogens with zero attached hydrogens (tertiary/aromatic N) is 3. The predicted molar refractivity (Wildman–Crippen MR) is 92.3 cm³/mol. The molecular weight excluding hydrogens is 334 g/mol. The van der Waals surface area contributed by atoms with Gasteiger partial charge in [-0.1, -0.05) is 0 Å². The van der Waals surface area contributed by atoms with E-state index in [4.69, 9.17) is 13.9 Å². The molecule has 2 aromatic heterocycles. The first-order valence-corrected chi connectivity index (χ1v) is 9.00. The zero-order chi connectivity index (χ0) is 17.8. The Kier molecular flexibility index (Phi) is 4.99. The second-order valence-electron chi connectivity index (χ2n) is 7.17. The fraction of sp³-hybridized carbons (Fsp3) is 0.526. The molecule has 7 heteroatoms. The number of carbonyl (C=O) groups is 1. The van der Waals surface area contributed by atoms with Crippen LogP contribution < -0.4 is 0 Å². The molecule has 2 fully saturated rings. The summed E-state index contributed by atoms with van der Waals surface area (Å²) < 4.78 is 16.7. The summed E-state index contributed by atoms with van der Waals surface area (Å²) in [7, 11) is 0. The minimum absolute atomic E-state index is 0.0512. The Balaban J connectivity index is 1.23. The molecule has 0 aliphatic carbocycles. The summed E-state index contributed by atoms with van der Waals surface area (Å²) in [4.78, 5) is 22.2. The zero-order valence-corrected chi connectivity index (χ0v) is 14.7. The van der Waals surface area contributed by atoms with Crippen molar-refractivity contribution in [2.45, 2.75) is 32.0 Å². The molecule has 0 N–H and O–H groups in total. The fourth-order valence-electron chi connectivity index (χ4n) is 3.80. The van der Waals surface area contributed by atoms with Gasteiger partial charge in [-0.2, -0.15) is 0 Å². The van der Waals surface area contributed by atoms with Gasteiger partial charge in [0.15, 0.2) is 12.1 Å². The summed E-state index contributed by atoms with van der Waals surface area (Å²) >= 11 is 0. The Morgan fingerprint density at radius 2 is 2.12 bits per heavy atom. The molecule has 7 nitrogen and oxygen atoms in total. The topological polar surface area (TPSA) is 77.7 Å². The molecule has 2 aliphatic rings. The third-order valence-corrected chi connectivity index (χ3v) is 5.37. The van der Waals surface area contributed by atoms with E-state index in [1.165, 1.54) is 12.7 Å². The normalized spacial score (nSPS) is 22.0. The highest BCUT2D eigenvalue weighted by molar-refractivity contribution is 5.91. The van der Waals surface area contributed by atoms with Gasteiger partial charge in [0.2, 0.25) is 0 Å². The van der Waals surface area contributed by atoms with Crippen molar-refractivity contribution in [1.82, 2.24) is 14.9 Å². The lowest BCUT2D eigenvalue weighted by atomic mass is 9.76. The quantitative estimate of drug-likeness (QED) is 0.817. The summed E-state index contributed by atoms with van der Waals surface area (Å²) in [6.07, 6.45) is 9.28. The Morgan fingerprint density at radius 1 is 1.31 bits per heavy atom. The molecule has 0 aromatic carbocycles. The lowest BCUT2D eigenvalue weighted by Gasteiger charge is -2.38. The summed E-state index contributed by atoms with van der Waals surface area (Å²) in [5.74, 6) is -0.0512. The molecule has 1 spiro atoms. The maximum atomic E-state index is 12.4. The average molecular weight is 357 g/mol. The monoisotopic (exact) mass is 357 g/mol. The van der Waals surface area contributed by atoms with Gasteiger partial charge in [0.25, 0.3) is 5.91 Å². The van der Waals surface area contributed by atoms with E-state index in [-0.39, 0.29) is 17.4 Å². The molecule has 138 valence electrons. The van der Waals surface area contributed by atoms with Gasteiger partial charge < -0.3 is 18.8 Å². The zero-order valence-electron chi connectivity index (χ0n) is 14.7. The van der Waals surface area contributed by atoms with Gasteiger partial charge in [-0.05, 0) is 42.4 Å². The van der Waals surface area contributed by atoms with Crippen molar-refractivity contribution in [1.29, 1.82) is 0 Å². The number of aromatic nitrogens is 2. The van der Waals surface area contributed by atoms with Crippen LogP contribution in [0.1, 0.15) is 35.3 Å². The van der Waals surface area contributed by atoms with Crippen LogP contribution in [0.25, 0.3) is 0 Å². The van der Waals surface area contributed by atoms with E-state index in [1.54, 1.807) is 12.4 Å². The van der Waals surface area contributed by atoms with Gasteiger partial charge in [0.05, 0.1) is 25.9 Å². The van der Waals surface area contributed by atoms with E-state index in [1.807, 2.05) is 17.0 Å². The van der Waals surface area contributed by atoms with Crippen LogP contribution in [0.2, 0.25) is 0 Å². The Morgan fingerprint density at radius 3 is 2.85 bits per heavy atom. The van der Waals surface area contributed by atoms with Crippen molar-refractivity contribution in [2.75, 3.05) is 26.3 Å². The first-order chi connectivity index (χ1) is 12.7. The maximum Gasteiger partial charge on any atom is 0.275 e. The van der Waals surface area contributed by atoms with Crippen molar-refractivity contribution in [3.05, 3.63) is 48.4 Å². The van der Waals surface area contributed by atoms with Crippen LogP contribution >= 0.6 is 0 Å². The SMILES string of the molecule is O=C(c1cocn1)N1CCC2(CC1)CO[C@@H](COCc1ccncc1)C2. The highest BCUT2D eigenvalue weighted by Crippen LogP contribution is 2.42. The molecule has 2 aliphatic heterocycles. The van der Waals surface area contributed by atoms with Crippen molar-refractivity contribution < 1.29 is 18.7 Å². The van der Waals surface area contributed by atoms with Crippen LogP contribution in [0, 0.1) is 5.41 Å². The van der Waals surface area contributed by atoms with E-state index in [2.05, 4.69) is 9.97 Å². The minimum atomic E-state index is -0.0512. The number of carbonyl (C=O) groups excluding carboxylic acids is 1. The lowest BCUT2D eigenvalue weighted by molar-refractivity contribution is 0.00653. The standard InChI is InChI=1S/C19H23N3O4/c23-18(17-12-25-14-21-17)22-7-3-19(4-8-22)9-16(26-13-19)11-24-10-15-1-5-20-6-2-15/h1-2,5-6,12,14,16H,3-4,7-11,13H2/t16-/m1/s1. The molecule has 0 unspecified atom stereocenters. The summed E-state index contributed by atoms with van der Waals surface area (Å²) in [6.45, 7) is 3.41. The van der Waals surface area contributed by atoms with Crippen molar-refractivity contribution in [2.24, 2.45) is 5.41 Å². The molecule has 4 rings (SSSR count). The second-order valence-corrected chi connectivity index (χ2v) is 7.17. The van der Waals surface area contributed by atoms with Crippen molar-refractivity contribution >= 4 is 5.91 Å². The molecule has 0 bridgehead atoms. The second kappa shape index (κ2) is 7.55. The lowest BCUT2D eigenvalue weighted by Crippen LogP contribution is -2.43. The van der Waals surface area contributed by atoms with E-state index < -0.39 is 0 Å². The van der Waals surface area contributed by atoms with Crippen molar-refractivity contribution in [3.8, 4) is 0 Å². The van der Waals surface area contributed by atoms with Crippen LogP contribution in [0.5, 0.6) is 0 Å². The van der Waals surface area contributed by atoms with E-state index in [0.29, 0.717) is 18.9 Å². The highest BCUT2D eigenvalue weighted by Gasteiger charge is 2.43. The molecule has 0 radical (unpaired) electrons. The molecule has 4 heterocycles. The van der Waals surface area contributed by atoms with Gasteiger partial charge in [0.1, 0.15) is 6.26 Å². The molecule has 0 saturated carbocycles. The van der Waals surface area contributed by atoms with Crippen LogP contribution in [-0.2, 0) is 16.1 Å². The van der Waals surface area contributed by atoms with E-state index in [9.17, 15) is 4.79 Å². The third kappa shape index (κ3) is 3.78. The minimum Gasteiger partial charge on any atom is -0.451 e. The van der Waals surface area contributed by atoms with Crippen LogP contribution in [0.3, 0.4) is 0 Å². The number of piperidine rings is 1. The first-order valence-electron chi connectivity index (χ1n) is 9.00. The number of oxazole rings is 1. The Labute approximate surface area is 152 Å². The molecule has 1 amide bonds. The number of pyridine rings is 1. The van der Waals surface area contributed by atoms with Gasteiger partial charge >= 0.3 is 0 Å². The fourth-order valence-corrected chi connectivity index (χ4v) is 3.80. The molecular formula is C19H23N3O4. The Hall–Kier alpha value is -2.25. The number of likely N-dealkylation sites (tertiary alicyclic amines) is 1.